The maximum absolute atomic E-state index is 13.3. The van der Waals surface area contributed by atoms with Gasteiger partial charge in [-0.1, -0.05) is 19.3 Å². The van der Waals surface area contributed by atoms with Gasteiger partial charge in [-0.25, -0.2) is 9.97 Å². The van der Waals surface area contributed by atoms with Crippen LogP contribution in [0.2, 0.25) is 0 Å². The van der Waals surface area contributed by atoms with Crippen molar-refractivity contribution in [2.45, 2.75) is 63.3 Å². The van der Waals surface area contributed by atoms with Crippen molar-refractivity contribution in [3.05, 3.63) is 46.2 Å². The summed E-state index contributed by atoms with van der Waals surface area (Å²) in [5, 5.41) is 3.02. The van der Waals surface area contributed by atoms with E-state index in [4.69, 9.17) is 9.40 Å². The summed E-state index contributed by atoms with van der Waals surface area (Å²) in [6.07, 6.45) is 11.1. The predicted molar refractivity (Wildman–Crippen MR) is 110 cm³/mol. The second kappa shape index (κ2) is 7.66. The molecule has 1 aliphatic heterocycles. The first-order valence-corrected chi connectivity index (χ1v) is 11.3. The molecule has 3 heterocycles. The zero-order valence-corrected chi connectivity index (χ0v) is 16.8. The lowest BCUT2D eigenvalue weighted by Crippen LogP contribution is -2.38. The number of hydrogen-bond acceptors (Lipinski definition) is 5. The van der Waals surface area contributed by atoms with Crippen LogP contribution in [0.3, 0.4) is 0 Å². The number of amides is 1. The van der Waals surface area contributed by atoms with Crippen LogP contribution in [0.25, 0.3) is 11.1 Å². The van der Waals surface area contributed by atoms with E-state index in [0.29, 0.717) is 11.5 Å². The molecule has 1 amide bonds. The van der Waals surface area contributed by atoms with Crippen molar-refractivity contribution < 1.29 is 9.21 Å². The topological polar surface area (TPSA) is 59.2 Å². The van der Waals surface area contributed by atoms with E-state index in [1.165, 1.54) is 19.3 Å². The first-order chi connectivity index (χ1) is 13.8. The average molecular weight is 396 g/mol. The van der Waals surface area contributed by atoms with Crippen LogP contribution in [0.1, 0.15) is 84.6 Å². The highest BCUT2D eigenvalue weighted by atomic mass is 32.1. The quantitative estimate of drug-likeness (QED) is 0.571. The van der Waals surface area contributed by atoms with Crippen LogP contribution < -0.4 is 0 Å². The molecule has 1 saturated heterocycles. The summed E-state index contributed by atoms with van der Waals surface area (Å²) in [5.41, 5.74) is 2.27. The van der Waals surface area contributed by atoms with Crippen LogP contribution >= 0.6 is 11.3 Å². The van der Waals surface area contributed by atoms with E-state index in [9.17, 15) is 4.79 Å². The highest BCUT2D eigenvalue weighted by Gasteiger charge is 2.30. The Balaban J connectivity index is 1.42. The summed E-state index contributed by atoms with van der Waals surface area (Å²) >= 11 is 1.63. The van der Waals surface area contributed by atoms with E-state index in [-0.39, 0.29) is 11.9 Å². The lowest BCUT2D eigenvalue weighted by molar-refractivity contribution is 0.0611. The molecule has 0 spiro atoms. The molecule has 2 fully saturated rings. The molecule has 1 saturated carbocycles. The third-order valence-corrected chi connectivity index (χ3v) is 6.98. The predicted octanol–water partition coefficient (Wildman–Crippen LogP) is 5.70. The Morgan fingerprint density at radius 2 is 1.96 bits per heavy atom. The maximum atomic E-state index is 13.3. The smallest absolute Gasteiger partial charge is 0.254 e. The SMILES string of the molecule is O=C(c1ccc2nc(C3CCCCC3)oc2c1)N1CCCCC1c1nccs1. The zero-order chi connectivity index (χ0) is 18.9. The molecule has 6 heteroatoms. The van der Waals surface area contributed by atoms with Crippen LogP contribution in [-0.2, 0) is 0 Å². The van der Waals surface area contributed by atoms with E-state index in [1.807, 2.05) is 34.7 Å². The Bertz CT molecular complexity index is 959. The number of benzene rings is 1. The third kappa shape index (κ3) is 3.34. The number of nitrogens with zero attached hydrogens (tertiary/aromatic N) is 3. The van der Waals surface area contributed by atoms with Crippen molar-refractivity contribution >= 4 is 28.3 Å². The number of oxazole rings is 1. The molecular weight excluding hydrogens is 370 g/mol. The second-order valence-electron chi connectivity index (χ2n) is 7.95. The number of hydrogen-bond donors (Lipinski definition) is 0. The van der Waals surface area contributed by atoms with Crippen molar-refractivity contribution in [2.75, 3.05) is 6.54 Å². The normalized spacial score (nSPS) is 21.3. The minimum atomic E-state index is 0.0671. The fraction of sp³-hybridized carbons (Fsp3) is 0.500. The van der Waals surface area contributed by atoms with Crippen molar-refractivity contribution in [1.82, 2.24) is 14.9 Å². The Labute approximate surface area is 168 Å². The zero-order valence-electron chi connectivity index (χ0n) is 16.0. The molecule has 28 heavy (non-hydrogen) atoms. The molecule has 2 aromatic heterocycles. The van der Waals surface area contributed by atoms with Gasteiger partial charge in [0.25, 0.3) is 5.91 Å². The fourth-order valence-corrected chi connectivity index (χ4v) is 5.38. The summed E-state index contributed by atoms with van der Waals surface area (Å²) in [6.45, 7) is 0.783. The Hall–Kier alpha value is -2.21. The van der Waals surface area contributed by atoms with Gasteiger partial charge in [-0.2, -0.15) is 0 Å². The van der Waals surface area contributed by atoms with Crippen LogP contribution in [0.15, 0.2) is 34.2 Å². The fourth-order valence-electron chi connectivity index (χ4n) is 4.60. The van der Waals surface area contributed by atoms with Gasteiger partial charge in [-0.15, -0.1) is 11.3 Å². The molecule has 0 N–H and O–H groups in total. The Morgan fingerprint density at radius 1 is 1.11 bits per heavy atom. The van der Waals surface area contributed by atoms with Gasteiger partial charge in [0.1, 0.15) is 10.5 Å². The third-order valence-electron chi connectivity index (χ3n) is 6.11. The number of carbonyl (C=O) groups excluding carboxylic acids is 1. The molecule has 1 atom stereocenters. The van der Waals surface area contributed by atoms with Crippen molar-refractivity contribution in [3.8, 4) is 0 Å². The summed E-state index contributed by atoms with van der Waals surface area (Å²) in [5.74, 6) is 1.34. The van der Waals surface area contributed by atoms with Gasteiger partial charge in [0, 0.05) is 29.6 Å². The summed E-state index contributed by atoms with van der Waals surface area (Å²) in [4.78, 5) is 24.5. The largest absolute Gasteiger partial charge is 0.440 e. The monoisotopic (exact) mass is 395 g/mol. The molecule has 0 bridgehead atoms. The standard InChI is InChI=1S/C22H25N3O2S/c26-22(25-12-5-4-8-18(25)21-23-11-13-28-21)16-9-10-17-19(14-16)27-20(24-17)15-6-2-1-3-7-15/h9-11,13-15,18H,1-8,12H2. The van der Waals surface area contributed by atoms with Crippen LogP contribution in [0.5, 0.6) is 0 Å². The molecule has 5 nitrogen and oxygen atoms in total. The van der Waals surface area contributed by atoms with E-state index >= 15 is 0 Å². The van der Waals surface area contributed by atoms with Gasteiger partial charge < -0.3 is 9.32 Å². The lowest BCUT2D eigenvalue weighted by Gasteiger charge is -2.34. The molecule has 1 unspecified atom stereocenters. The van der Waals surface area contributed by atoms with Crippen molar-refractivity contribution in [2.24, 2.45) is 0 Å². The molecule has 2 aliphatic rings. The molecule has 0 radical (unpaired) electrons. The maximum Gasteiger partial charge on any atom is 0.254 e. The van der Waals surface area contributed by atoms with Crippen LogP contribution in [0, 0.1) is 0 Å². The number of rotatable bonds is 3. The lowest BCUT2D eigenvalue weighted by atomic mass is 9.89. The number of carbonyl (C=O) groups is 1. The minimum Gasteiger partial charge on any atom is -0.440 e. The van der Waals surface area contributed by atoms with E-state index in [2.05, 4.69) is 4.98 Å². The number of piperidine rings is 1. The van der Waals surface area contributed by atoms with Gasteiger partial charge in [-0.05, 0) is 50.3 Å². The first kappa shape index (κ1) is 17.9. The van der Waals surface area contributed by atoms with E-state index in [0.717, 1.165) is 60.6 Å². The first-order valence-electron chi connectivity index (χ1n) is 10.4. The van der Waals surface area contributed by atoms with Gasteiger partial charge in [-0.3, -0.25) is 4.79 Å². The number of aromatic nitrogens is 2. The highest BCUT2D eigenvalue weighted by molar-refractivity contribution is 7.09. The van der Waals surface area contributed by atoms with Gasteiger partial charge >= 0.3 is 0 Å². The van der Waals surface area contributed by atoms with Crippen LogP contribution in [-0.4, -0.2) is 27.3 Å². The van der Waals surface area contributed by atoms with Gasteiger partial charge in [0.15, 0.2) is 11.5 Å². The molecule has 1 aliphatic carbocycles. The Kier molecular flexibility index (Phi) is 4.89. The molecular formula is C22H25N3O2S. The number of likely N-dealkylation sites (tertiary alicyclic amines) is 1. The van der Waals surface area contributed by atoms with Gasteiger partial charge in [0.05, 0.1) is 6.04 Å². The average Bonchev–Trinajstić information content (AvgIpc) is 3.43. The second-order valence-corrected chi connectivity index (χ2v) is 8.88. The Morgan fingerprint density at radius 3 is 2.79 bits per heavy atom. The van der Waals surface area contributed by atoms with Gasteiger partial charge in [0.2, 0.25) is 0 Å². The van der Waals surface area contributed by atoms with E-state index in [1.54, 1.807) is 11.3 Å². The number of thiazole rings is 1. The summed E-state index contributed by atoms with van der Waals surface area (Å²) < 4.78 is 6.09. The van der Waals surface area contributed by atoms with Crippen molar-refractivity contribution in [3.63, 3.8) is 0 Å². The molecule has 3 aromatic rings. The summed E-state index contributed by atoms with van der Waals surface area (Å²) in [7, 11) is 0. The highest BCUT2D eigenvalue weighted by Crippen LogP contribution is 2.35. The molecule has 1 aromatic carbocycles. The summed E-state index contributed by atoms with van der Waals surface area (Å²) in [6, 6.07) is 5.79. The van der Waals surface area contributed by atoms with E-state index < -0.39 is 0 Å². The van der Waals surface area contributed by atoms with Crippen LogP contribution in [0.4, 0.5) is 0 Å². The minimum absolute atomic E-state index is 0.0671. The number of fused-ring (bicyclic) bond motifs is 1. The molecule has 146 valence electrons. The van der Waals surface area contributed by atoms with Crippen molar-refractivity contribution in [1.29, 1.82) is 0 Å². The molecule has 5 rings (SSSR count).